The fourth-order valence-electron chi connectivity index (χ4n) is 1.48. The number of rotatable bonds is 5. The average Bonchev–Trinajstić information content (AvgIpc) is 2.96. The molecule has 0 aromatic carbocycles. The van der Waals surface area contributed by atoms with E-state index in [1.165, 1.54) is 12.8 Å². The first-order valence-corrected chi connectivity index (χ1v) is 5.19. The number of nitrogens with two attached hydrogens (primary N) is 1. The van der Waals surface area contributed by atoms with Gasteiger partial charge in [0.2, 0.25) is 0 Å². The van der Waals surface area contributed by atoms with Crippen LogP contribution >= 0.6 is 0 Å². The van der Waals surface area contributed by atoms with Crippen molar-refractivity contribution < 1.29 is 9.53 Å². The molecule has 0 aromatic rings. The van der Waals surface area contributed by atoms with E-state index in [1.807, 2.05) is 0 Å². The van der Waals surface area contributed by atoms with Crippen molar-refractivity contribution in [3.63, 3.8) is 0 Å². The Morgan fingerprint density at radius 2 is 2.08 bits per heavy atom. The first kappa shape index (κ1) is 9.00. The van der Waals surface area contributed by atoms with Crippen LogP contribution < -0.4 is 5.73 Å². The predicted molar refractivity (Wildman–Crippen MR) is 49.0 cm³/mol. The van der Waals surface area contributed by atoms with Crippen molar-refractivity contribution >= 4 is 5.97 Å². The lowest BCUT2D eigenvalue weighted by molar-refractivity contribution is -0.145. The molecule has 3 heteroatoms. The Morgan fingerprint density at radius 1 is 1.38 bits per heavy atom. The number of hydrogen-bond acceptors (Lipinski definition) is 3. The molecular weight excluding hydrogens is 166 g/mol. The highest BCUT2D eigenvalue weighted by molar-refractivity contribution is 5.76. The average molecular weight is 183 g/mol. The highest BCUT2D eigenvalue weighted by Gasteiger charge is 2.34. The van der Waals surface area contributed by atoms with Crippen molar-refractivity contribution in [1.82, 2.24) is 0 Å². The van der Waals surface area contributed by atoms with E-state index in [4.69, 9.17) is 10.5 Å². The monoisotopic (exact) mass is 183 g/mol. The van der Waals surface area contributed by atoms with Crippen LogP contribution in [-0.2, 0) is 9.53 Å². The fourth-order valence-corrected chi connectivity index (χ4v) is 1.48. The van der Waals surface area contributed by atoms with Gasteiger partial charge >= 0.3 is 5.97 Å². The summed E-state index contributed by atoms with van der Waals surface area (Å²) in [6.07, 6.45) is 5.85. The molecule has 0 saturated heterocycles. The van der Waals surface area contributed by atoms with Crippen LogP contribution in [-0.4, -0.2) is 18.6 Å². The zero-order valence-corrected chi connectivity index (χ0v) is 7.87. The minimum atomic E-state index is -0.348. The molecule has 2 N–H and O–H groups in total. The van der Waals surface area contributed by atoms with Gasteiger partial charge in [-0.05, 0) is 31.1 Å². The van der Waals surface area contributed by atoms with E-state index in [-0.39, 0.29) is 12.0 Å². The molecule has 0 spiro atoms. The Bertz CT molecular complexity index is 197. The van der Waals surface area contributed by atoms with Gasteiger partial charge in [0.25, 0.3) is 0 Å². The first-order valence-electron chi connectivity index (χ1n) is 5.19. The van der Waals surface area contributed by atoms with Gasteiger partial charge in [-0.15, -0.1) is 0 Å². The van der Waals surface area contributed by atoms with E-state index in [2.05, 4.69) is 0 Å². The topological polar surface area (TPSA) is 52.3 Å². The minimum absolute atomic E-state index is 0.192. The Balaban J connectivity index is 1.58. The summed E-state index contributed by atoms with van der Waals surface area (Å²) in [5.74, 6) is 1.04. The van der Waals surface area contributed by atoms with E-state index in [0.29, 0.717) is 12.5 Å². The second kappa shape index (κ2) is 3.66. The molecular formula is C10H17NO2. The van der Waals surface area contributed by atoms with Gasteiger partial charge in [0.1, 0.15) is 6.04 Å². The van der Waals surface area contributed by atoms with Gasteiger partial charge in [0, 0.05) is 0 Å². The second-order valence-corrected chi connectivity index (χ2v) is 4.26. The van der Waals surface area contributed by atoms with E-state index in [1.54, 1.807) is 0 Å². The third-order valence-electron chi connectivity index (χ3n) is 2.87. The van der Waals surface area contributed by atoms with Gasteiger partial charge in [-0.2, -0.15) is 0 Å². The Hall–Kier alpha value is -0.570. The van der Waals surface area contributed by atoms with Gasteiger partial charge in [-0.1, -0.05) is 12.8 Å². The summed E-state index contributed by atoms with van der Waals surface area (Å²) < 4.78 is 5.09. The molecule has 1 atom stereocenters. The zero-order valence-electron chi connectivity index (χ0n) is 7.87. The van der Waals surface area contributed by atoms with E-state index < -0.39 is 0 Å². The molecule has 0 bridgehead atoms. The largest absolute Gasteiger partial charge is 0.465 e. The molecule has 1 unspecified atom stereocenters. The molecule has 0 heterocycles. The van der Waals surface area contributed by atoms with Gasteiger partial charge in [-0.3, -0.25) is 4.79 Å². The number of hydrogen-bond donors (Lipinski definition) is 1. The van der Waals surface area contributed by atoms with Crippen LogP contribution in [0.3, 0.4) is 0 Å². The van der Waals surface area contributed by atoms with Crippen LogP contribution in [0.4, 0.5) is 0 Å². The summed E-state index contributed by atoms with van der Waals surface area (Å²) in [5.41, 5.74) is 5.68. The number of ether oxygens (including phenoxy) is 1. The van der Waals surface area contributed by atoms with Gasteiger partial charge < -0.3 is 10.5 Å². The van der Waals surface area contributed by atoms with Gasteiger partial charge in [0.05, 0.1) is 6.61 Å². The summed E-state index contributed by atoms with van der Waals surface area (Å²) in [6, 6.07) is -0.348. The zero-order chi connectivity index (χ0) is 9.26. The van der Waals surface area contributed by atoms with E-state index in [9.17, 15) is 4.79 Å². The molecule has 0 aromatic heterocycles. The van der Waals surface area contributed by atoms with Crippen molar-refractivity contribution in [2.75, 3.05) is 6.61 Å². The molecule has 0 aliphatic heterocycles. The molecule has 74 valence electrons. The molecule has 2 aliphatic carbocycles. The Kier molecular flexibility index (Phi) is 2.54. The summed E-state index contributed by atoms with van der Waals surface area (Å²) in [6.45, 7) is 0.573. The van der Waals surface area contributed by atoms with Gasteiger partial charge in [-0.25, -0.2) is 0 Å². The maximum absolute atomic E-state index is 11.3. The van der Waals surface area contributed by atoms with Crippen LogP contribution in [0.25, 0.3) is 0 Å². The fraction of sp³-hybridized carbons (Fsp3) is 0.900. The molecule has 0 radical (unpaired) electrons. The maximum Gasteiger partial charge on any atom is 0.323 e. The summed E-state index contributed by atoms with van der Waals surface area (Å²) in [4.78, 5) is 11.3. The number of carbonyl (C=O) groups is 1. The quantitative estimate of drug-likeness (QED) is 0.648. The van der Waals surface area contributed by atoms with Crippen molar-refractivity contribution in [3.05, 3.63) is 0 Å². The van der Waals surface area contributed by atoms with Crippen LogP contribution in [0.15, 0.2) is 0 Å². The number of carbonyl (C=O) groups excluding carboxylic acids is 1. The third-order valence-corrected chi connectivity index (χ3v) is 2.87. The molecule has 2 aliphatic rings. The second-order valence-electron chi connectivity index (χ2n) is 4.26. The molecule has 2 saturated carbocycles. The summed E-state index contributed by atoms with van der Waals surface area (Å²) in [7, 11) is 0. The van der Waals surface area contributed by atoms with Gasteiger partial charge in [0.15, 0.2) is 0 Å². The Morgan fingerprint density at radius 3 is 2.62 bits per heavy atom. The summed E-state index contributed by atoms with van der Waals surface area (Å²) in [5, 5.41) is 0. The van der Waals surface area contributed by atoms with E-state index in [0.717, 1.165) is 25.2 Å². The first-order chi connectivity index (χ1) is 6.27. The van der Waals surface area contributed by atoms with Crippen molar-refractivity contribution in [1.29, 1.82) is 0 Å². The SMILES string of the molecule is NC(C(=O)OCCC1CC1)C1CC1. The van der Waals surface area contributed by atoms with Crippen LogP contribution in [0, 0.1) is 11.8 Å². The molecule has 13 heavy (non-hydrogen) atoms. The third kappa shape index (κ3) is 2.69. The minimum Gasteiger partial charge on any atom is -0.465 e. The predicted octanol–water partition coefficient (Wildman–Crippen LogP) is 1.07. The molecule has 0 amide bonds. The maximum atomic E-state index is 11.3. The van der Waals surface area contributed by atoms with Crippen LogP contribution in [0.1, 0.15) is 32.1 Å². The standard InChI is InChI=1S/C10H17NO2/c11-9(8-3-4-8)10(12)13-6-5-7-1-2-7/h7-9H,1-6,11H2. The normalized spacial score (nSPS) is 24.1. The van der Waals surface area contributed by atoms with Crippen molar-refractivity contribution in [2.45, 2.75) is 38.1 Å². The number of esters is 1. The summed E-state index contributed by atoms with van der Waals surface area (Å²) >= 11 is 0. The lowest BCUT2D eigenvalue weighted by Crippen LogP contribution is -2.34. The van der Waals surface area contributed by atoms with Crippen LogP contribution in [0.2, 0.25) is 0 Å². The molecule has 2 fully saturated rings. The molecule has 2 rings (SSSR count). The smallest absolute Gasteiger partial charge is 0.323 e. The van der Waals surface area contributed by atoms with Crippen molar-refractivity contribution in [2.24, 2.45) is 17.6 Å². The lowest BCUT2D eigenvalue weighted by atomic mass is 10.2. The van der Waals surface area contributed by atoms with Crippen LogP contribution in [0.5, 0.6) is 0 Å². The molecule has 3 nitrogen and oxygen atoms in total. The highest BCUT2D eigenvalue weighted by Crippen LogP contribution is 2.33. The lowest BCUT2D eigenvalue weighted by Gasteiger charge is -2.09. The van der Waals surface area contributed by atoms with Crippen molar-refractivity contribution in [3.8, 4) is 0 Å². The Labute approximate surface area is 78.6 Å². The highest BCUT2D eigenvalue weighted by atomic mass is 16.5. The van der Waals surface area contributed by atoms with E-state index >= 15 is 0 Å².